The lowest BCUT2D eigenvalue weighted by atomic mass is 9.92. The topological polar surface area (TPSA) is 111 Å². The average Bonchev–Trinajstić information content (AvgIpc) is 3.45. The van der Waals surface area contributed by atoms with Gasteiger partial charge in [-0.15, -0.1) is 0 Å². The third-order valence-electron chi connectivity index (χ3n) is 8.04. The van der Waals surface area contributed by atoms with Crippen LogP contribution in [0.1, 0.15) is 39.4 Å². The largest absolute Gasteiger partial charge is 0.417 e. The van der Waals surface area contributed by atoms with Gasteiger partial charge in [0.1, 0.15) is 18.5 Å². The molecule has 264 valence electrons. The van der Waals surface area contributed by atoms with Crippen molar-refractivity contribution in [3.63, 3.8) is 0 Å². The molecule has 0 bridgehead atoms. The van der Waals surface area contributed by atoms with Crippen LogP contribution in [0, 0.1) is 5.92 Å². The summed E-state index contributed by atoms with van der Waals surface area (Å²) in [4.78, 5) is 56.9. The van der Waals surface area contributed by atoms with Gasteiger partial charge in [0.2, 0.25) is 11.8 Å². The molecule has 2 unspecified atom stereocenters. The molecule has 5 rings (SSSR count). The van der Waals surface area contributed by atoms with E-state index in [-0.39, 0.29) is 18.6 Å². The van der Waals surface area contributed by atoms with Crippen LogP contribution < -0.4 is 10.6 Å². The van der Waals surface area contributed by atoms with Gasteiger partial charge in [-0.2, -0.15) is 39.5 Å². The van der Waals surface area contributed by atoms with Gasteiger partial charge in [0, 0.05) is 23.6 Å². The highest BCUT2D eigenvalue weighted by Gasteiger charge is 2.50. The summed E-state index contributed by atoms with van der Waals surface area (Å²) < 4.78 is 122. The fraction of sp³-hybridized carbons (Fsp3) is 0.273. The van der Waals surface area contributed by atoms with Gasteiger partial charge in [-0.3, -0.25) is 19.2 Å². The molecule has 3 aromatic carbocycles. The fourth-order valence-electron chi connectivity index (χ4n) is 5.75. The molecule has 4 aromatic rings. The maximum absolute atomic E-state index is 13.7. The van der Waals surface area contributed by atoms with E-state index in [2.05, 4.69) is 15.6 Å². The highest BCUT2D eigenvalue weighted by atomic mass is 19.4. The first kappa shape index (κ1) is 35.9. The summed E-state index contributed by atoms with van der Waals surface area (Å²) in [5, 5.41) is 5.17. The molecule has 17 heteroatoms. The molecule has 1 aliphatic heterocycles. The van der Waals surface area contributed by atoms with Crippen LogP contribution >= 0.6 is 0 Å². The third kappa shape index (κ3) is 7.76. The van der Waals surface area contributed by atoms with Gasteiger partial charge in [0.05, 0.1) is 23.2 Å². The van der Waals surface area contributed by atoms with E-state index >= 15 is 0 Å². The van der Waals surface area contributed by atoms with E-state index in [1.807, 2.05) is 0 Å². The second-order valence-electron chi connectivity index (χ2n) is 11.5. The number of amides is 3. The second-order valence-corrected chi connectivity index (χ2v) is 11.5. The molecule has 0 spiro atoms. The van der Waals surface area contributed by atoms with E-state index in [1.165, 1.54) is 6.20 Å². The summed E-state index contributed by atoms with van der Waals surface area (Å²) in [5.74, 6) is -5.13. The van der Waals surface area contributed by atoms with E-state index in [4.69, 9.17) is 0 Å². The van der Waals surface area contributed by atoms with E-state index in [0.717, 1.165) is 4.90 Å². The number of nitrogens with zero attached hydrogens (tertiary/aromatic N) is 1. The van der Waals surface area contributed by atoms with E-state index in [1.54, 1.807) is 54.6 Å². The number of alkyl halides is 9. The number of H-pyrrole nitrogens is 1. The molecule has 2 heterocycles. The lowest BCUT2D eigenvalue weighted by Gasteiger charge is -2.33. The number of aromatic nitrogens is 1. The quantitative estimate of drug-likeness (QED) is 0.147. The summed E-state index contributed by atoms with van der Waals surface area (Å²) >= 11 is 0. The fourth-order valence-corrected chi connectivity index (χ4v) is 5.75. The van der Waals surface area contributed by atoms with Crippen molar-refractivity contribution in [2.24, 2.45) is 5.92 Å². The summed E-state index contributed by atoms with van der Waals surface area (Å²) in [5.41, 5.74) is -7.69. The minimum atomic E-state index is -6.03. The number of rotatable bonds is 9. The van der Waals surface area contributed by atoms with E-state index in [9.17, 15) is 58.7 Å². The number of piperazine rings is 1. The number of hydrogen-bond acceptors (Lipinski definition) is 4. The third-order valence-corrected chi connectivity index (χ3v) is 8.04. The average molecular weight is 713 g/mol. The van der Waals surface area contributed by atoms with Crippen molar-refractivity contribution in [1.29, 1.82) is 0 Å². The molecule has 0 aliphatic carbocycles. The normalized spacial score (nSPS) is 16.3. The van der Waals surface area contributed by atoms with E-state index in [0.29, 0.717) is 22.0 Å². The number of benzene rings is 3. The van der Waals surface area contributed by atoms with Crippen LogP contribution in [0.3, 0.4) is 0 Å². The van der Waals surface area contributed by atoms with Gasteiger partial charge in [-0.05, 0) is 41.3 Å². The lowest BCUT2D eigenvalue weighted by Crippen LogP contribution is -2.55. The molecule has 3 N–H and O–H groups in total. The summed E-state index contributed by atoms with van der Waals surface area (Å²) in [7, 11) is 0. The molecular weight excluding hydrogens is 687 g/mol. The zero-order valence-corrected chi connectivity index (χ0v) is 25.4. The van der Waals surface area contributed by atoms with Gasteiger partial charge in [0.15, 0.2) is 5.78 Å². The first-order chi connectivity index (χ1) is 23.3. The first-order valence-corrected chi connectivity index (χ1v) is 14.7. The van der Waals surface area contributed by atoms with Crippen LogP contribution in [-0.2, 0) is 50.7 Å². The number of nitrogens with one attached hydrogen (secondary N) is 3. The molecule has 1 fully saturated rings. The van der Waals surface area contributed by atoms with Crippen molar-refractivity contribution in [2.75, 3.05) is 13.1 Å². The molecule has 1 aliphatic rings. The molecule has 0 saturated carbocycles. The van der Waals surface area contributed by atoms with Crippen LogP contribution in [-0.4, -0.2) is 46.5 Å². The monoisotopic (exact) mass is 712 g/mol. The Morgan fingerprint density at radius 2 is 1.44 bits per heavy atom. The minimum absolute atomic E-state index is 0.149. The Balaban J connectivity index is 1.45. The van der Waals surface area contributed by atoms with E-state index < -0.39 is 95.9 Å². The molecule has 1 saturated heterocycles. The number of carbonyl (C=O) groups is 4. The number of halogens is 9. The number of para-hydroxylation sites is 1. The van der Waals surface area contributed by atoms with Crippen molar-refractivity contribution in [3.05, 3.63) is 106 Å². The SMILES string of the molecule is O=C1CN(CC(=O)C(Cc2c[nH]c3ccccc23)C(=O)NCc2cc(C(F)(F)F)c(C(F)(F)F)c(C(F)(F)F)c2)C(=O)C(c2ccccc2)N1. The number of carbonyl (C=O) groups excluding carboxylic acids is 4. The molecule has 2 atom stereocenters. The Hall–Kier alpha value is -5.35. The standard InChI is InChI=1S/C33H25F9N4O4/c34-31(35,36)22-10-17(11-23(32(37,38)39)27(22)33(40,41)42)13-44-29(49)21(12-19-14-43-24-9-5-4-8-20(19)24)25(47)15-46-16-26(48)45-28(30(46)50)18-6-2-1-3-7-18/h1-11,14,21,28,43H,12-13,15-16H2,(H,44,49)(H,45,48). The Morgan fingerprint density at radius 1 is 0.840 bits per heavy atom. The van der Waals surface area contributed by atoms with Crippen LogP contribution in [0.5, 0.6) is 0 Å². The summed E-state index contributed by atoms with van der Waals surface area (Å²) in [6, 6.07) is 13.3. The van der Waals surface area contributed by atoms with Gasteiger partial charge >= 0.3 is 18.5 Å². The van der Waals surface area contributed by atoms with Crippen LogP contribution in [0.2, 0.25) is 0 Å². The summed E-state index contributed by atoms with van der Waals surface area (Å²) in [6.45, 7) is -2.45. The van der Waals surface area contributed by atoms with Gasteiger partial charge in [-0.1, -0.05) is 48.5 Å². The van der Waals surface area contributed by atoms with Crippen molar-refractivity contribution >= 4 is 34.4 Å². The molecular formula is C33H25F9N4O4. The number of ketones is 1. The van der Waals surface area contributed by atoms with Crippen LogP contribution in [0.4, 0.5) is 39.5 Å². The molecule has 8 nitrogen and oxygen atoms in total. The summed E-state index contributed by atoms with van der Waals surface area (Å²) in [6.07, 6.45) is -16.6. The van der Waals surface area contributed by atoms with Crippen molar-refractivity contribution in [3.8, 4) is 0 Å². The number of Topliss-reactive ketones (excluding diaryl/α,β-unsaturated/α-hetero) is 1. The number of hydrogen-bond donors (Lipinski definition) is 3. The zero-order chi connectivity index (χ0) is 36.6. The van der Waals surface area contributed by atoms with Gasteiger partial charge in [0.25, 0.3) is 5.91 Å². The van der Waals surface area contributed by atoms with Crippen LogP contribution in [0.25, 0.3) is 10.9 Å². The smallest absolute Gasteiger partial charge is 0.361 e. The second kappa shape index (κ2) is 13.5. The Labute approximate surface area is 276 Å². The molecule has 3 amide bonds. The first-order valence-electron chi connectivity index (χ1n) is 14.7. The molecule has 50 heavy (non-hydrogen) atoms. The maximum atomic E-state index is 13.7. The Morgan fingerprint density at radius 3 is 2.04 bits per heavy atom. The lowest BCUT2D eigenvalue weighted by molar-refractivity contribution is -0.174. The zero-order valence-electron chi connectivity index (χ0n) is 25.4. The van der Waals surface area contributed by atoms with Crippen molar-refractivity contribution < 1.29 is 58.7 Å². The maximum Gasteiger partial charge on any atom is 0.417 e. The van der Waals surface area contributed by atoms with Gasteiger partial charge < -0.3 is 20.5 Å². The van der Waals surface area contributed by atoms with Crippen LogP contribution in [0.15, 0.2) is 72.9 Å². The molecule has 0 radical (unpaired) electrons. The van der Waals surface area contributed by atoms with Crippen molar-refractivity contribution in [2.45, 2.75) is 37.5 Å². The predicted molar refractivity (Wildman–Crippen MR) is 158 cm³/mol. The number of fused-ring (bicyclic) bond motifs is 1. The molecule has 1 aromatic heterocycles. The highest BCUT2D eigenvalue weighted by molar-refractivity contribution is 6.05. The number of aromatic amines is 1. The minimum Gasteiger partial charge on any atom is -0.361 e. The Kier molecular flexibility index (Phi) is 9.72. The van der Waals surface area contributed by atoms with Crippen molar-refractivity contribution in [1.82, 2.24) is 20.5 Å². The Bertz CT molecular complexity index is 1900. The van der Waals surface area contributed by atoms with Gasteiger partial charge in [-0.25, -0.2) is 0 Å². The predicted octanol–water partition coefficient (Wildman–Crippen LogP) is 5.97. The highest BCUT2D eigenvalue weighted by Crippen LogP contribution is 2.47.